The fraction of sp³-hybridized carbons (Fsp3) is 0.143. The number of ether oxygens (including phenoxy) is 1. The van der Waals surface area contributed by atoms with Gasteiger partial charge in [0, 0.05) is 10.4 Å². The van der Waals surface area contributed by atoms with Gasteiger partial charge >= 0.3 is 0 Å². The Morgan fingerprint density at radius 1 is 1.32 bits per heavy atom. The van der Waals surface area contributed by atoms with E-state index in [1.54, 1.807) is 29.5 Å². The maximum atomic E-state index is 11.7. The van der Waals surface area contributed by atoms with Crippen LogP contribution in [-0.4, -0.2) is 18.4 Å². The van der Waals surface area contributed by atoms with Gasteiger partial charge in [-0.1, -0.05) is 6.07 Å². The highest BCUT2D eigenvalue weighted by Crippen LogP contribution is 2.25. The van der Waals surface area contributed by atoms with Crippen molar-refractivity contribution in [3.05, 3.63) is 50.6 Å². The average Bonchev–Trinajstić information content (AvgIpc) is 3.04. The van der Waals surface area contributed by atoms with Gasteiger partial charge in [0.15, 0.2) is 6.61 Å². The molecular weight excluding hydrogens is 370 g/mol. The van der Waals surface area contributed by atoms with Crippen LogP contribution in [0, 0.1) is 0 Å². The predicted octanol–water partition coefficient (Wildman–Crippen LogP) is 1.81. The molecule has 1 aromatic heterocycles. The van der Waals surface area contributed by atoms with Crippen LogP contribution in [-0.2, 0) is 11.3 Å². The van der Waals surface area contributed by atoms with E-state index >= 15 is 0 Å². The van der Waals surface area contributed by atoms with Crippen LogP contribution in [0.3, 0.4) is 0 Å². The third-order valence-electron chi connectivity index (χ3n) is 2.72. The molecule has 0 spiro atoms. The van der Waals surface area contributed by atoms with Crippen molar-refractivity contribution < 1.29 is 14.3 Å². The first kappa shape index (κ1) is 16.5. The molecule has 2 rings (SSSR count). The molecule has 0 fully saturated rings. The molecule has 0 saturated heterocycles. The number of carbonyl (C=O) groups excluding carboxylic acids is 2. The van der Waals surface area contributed by atoms with Gasteiger partial charge < -0.3 is 10.1 Å². The van der Waals surface area contributed by atoms with Gasteiger partial charge in [0.1, 0.15) is 5.75 Å². The number of benzene rings is 1. The smallest absolute Gasteiger partial charge is 0.265 e. The topological polar surface area (TPSA) is 93.4 Å². The molecule has 22 heavy (non-hydrogen) atoms. The highest BCUT2D eigenvalue weighted by molar-refractivity contribution is 9.10. The fourth-order valence-corrected chi connectivity index (χ4v) is 2.77. The lowest BCUT2D eigenvalue weighted by Crippen LogP contribution is -2.30. The summed E-state index contributed by atoms with van der Waals surface area (Å²) >= 11 is 4.87. The molecule has 0 bridgehead atoms. The Morgan fingerprint density at radius 3 is 2.77 bits per heavy atom. The van der Waals surface area contributed by atoms with Crippen molar-refractivity contribution in [2.75, 3.05) is 6.61 Å². The van der Waals surface area contributed by atoms with E-state index in [1.807, 2.05) is 22.9 Å². The summed E-state index contributed by atoms with van der Waals surface area (Å²) in [5.41, 5.74) is 2.44. The minimum Gasteiger partial charge on any atom is -0.483 e. The molecule has 8 heteroatoms. The van der Waals surface area contributed by atoms with Crippen LogP contribution < -0.4 is 21.3 Å². The number of hydrogen-bond acceptors (Lipinski definition) is 5. The zero-order valence-electron chi connectivity index (χ0n) is 11.5. The van der Waals surface area contributed by atoms with Crippen LogP contribution in [0.5, 0.6) is 5.75 Å². The summed E-state index contributed by atoms with van der Waals surface area (Å²) in [6.07, 6.45) is 0. The summed E-state index contributed by atoms with van der Waals surface area (Å²) in [5.74, 6) is 4.92. The molecule has 0 aliphatic heterocycles. The minimum atomic E-state index is -0.402. The maximum Gasteiger partial charge on any atom is 0.265 e. The molecule has 0 saturated carbocycles. The number of nitrogens with one attached hydrogen (secondary N) is 2. The number of hydrogen-bond donors (Lipinski definition) is 3. The quantitative estimate of drug-likeness (QED) is 0.402. The Balaban J connectivity index is 1.85. The van der Waals surface area contributed by atoms with Crippen molar-refractivity contribution in [3.8, 4) is 5.75 Å². The molecule has 116 valence electrons. The second-order valence-electron chi connectivity index (χ2n) is 4.26. The monoisotopic (exact) mass is 383 g/mol. The molecule has 0 aliphatic carbocycles. The van der Waals surface area contributed by atoms with Gasteiger partial charge in [-0.25, -0.2) is 5.84 Å². The first-order valence-corrected chi connectivity index (χ1v) is 8.00. The summed E-state index contributed by atoms with van der Waals surface area (Å²) < 4.78 is 5.99. The molecule has 4 N–H and O–H groups in total. The maximum absolute atomic E-state index is 11.7. The highest BCUT2D eigenvalue weighted by atomic mass is 79.9. The summed E-state index contributed by atoms with van der Waals surface area (Å²) in [4.78, 5) is 24.2. The third-order valence-corrected chi connectivity index (χ3v) is 4.22. The minimum absolute atomic E-state index is 0.105. The van der Waals surface area contributed by atoms with Gasteiger partial charge in [0.05, 0.1) is 11.0 Å². The largest absolute Gasteiger partial charge is 0.483 e. The summed E-state index contributed by atoms with van der Waals surface area (Å²) in [5, 5.41) is 4.72. The lowest BCUT2D eigenvalue weighted by Gasteiger charge is -2.09. The Kier molecular flexibility index (Phi) is 5.93. The molecule has 0 radical (unpaired) electrons. The van der Waals surface area contributed by atoms with E-state index in [-0.39, 0.29) is 12.5 Å². The Bertz CT molecular complexity index is 661. The van der Waals surface area contributed by atoms with Crippen LogP contribution in [0.4, 0.5) is 0 Å². The van der Waals surface area contributed by atoms with Crippen LogP contribution >= 0.6 is 27.3 Å². The molecule has 0 aliphatic rings. The summed E-state index contributed by atoms with van der Waals surface area (Å²) in [6.45, 7) is 0.378. The SMILES string of the molecule is NNC(=O)c1ccc(OCC(=O)NCc2cccs2)c(Br)c1. The van der Waals surface area contributed by atoms with E-state index in [9.17, 15) is 9.59 Å². The zero-order chi connectivity index (χ0) is 15.9. The normalized spacial score (nSPS) is 10.1. The Labute approximate surface area is 139 Å². The lowest BCUT2D eigenvalue weighted by atomic mass is 10.2. The highest BCUT2D eigenvalue weighted by Gasteiger charge is 2.09. The van der Waals surface area contributed by atoms with E-state index in [0.717, 1.165) is 4.88 Å². The van der Waals surface area contributed by atoms with Gasteiger partial charge in [-0.15, -0.1) is 11.3 Å². The second-order valence-corrected chi connectivity index (χ2v) is 6.15. The molecular formula is C14H14BrN3O3S. The second kappa shape index (κ2) is 7.92. The molecule has 2 amide bonds. The summed E-state index contributed by atoms with van der Waals surface area (Å²) in [6, 6.07) is 8.61. The molecule has 0 unspecified atom stereocenters. The number of rotatable bonds is 6. The number of amides is 2. The Hall–Kier alpha value is -1.90. The van der Waals surface area contributed by atoms with Crippen molar-refractivity contribution >= 4 is 39.1 Å². The summed E-state index contributed by atoms with van der Waals surface area (Å²) in [7, 11) is 0. The molecule has 1 heterocycles. The van der Waals surface area contributed by atoms with Crippen molar-refractivity contribution in [1.82, 2.24) is 10.7 Å². The van der Waals surface area contributed by atoms with Crippen LogP contribution in [0.15, 0.2) is 40.2 Å². The lowest BCUT2D eigenvalue weighted by molar-refractivity contribution is -0.123. The zero-order valence-corrected chi connectivity index (χ0v) is 13.9. The number of halogens is 1. The molecule has 2 aromatic rings. The first-order chi connectivity index (χ1) is 10.6. The van der Waals surface area contributed by atoms with E-state index in [1.165, 1.54) is 0 Å². The molecule has 6 nitrogen and oxygen atoms in total. The average molecular weight is 384 g/mol. The Morgan fingerprint density at radius 2 is 2.14 bits per heavy atom. The fourth-order valence-electron chi connectivity index (χ4n) is 1.64. The van der Waals surface area contributed by atoms with Crippen LogP contribution in [0.25, 0.3) is 0 Å². The number of nitrogens with two attached hydrogens (primary N) is 1. The first-order valence-electron chi connectivity index (χ1n) is 6.32. The number of thiophene rings is 1. The standard InChI is InChI=1S/C14H14BrN3O3S/c15-11-6-9(14(20)18-16)3-4-12(11)21-8-13(19)17-7-10-2-1-5-22-10/h1-6H,7-8,16H2,(H,17,19)(H,18,20). The van der Waals surface area contributed by atoms with Gasteiger partial charge in [-0.3, -0.25) is 15.0 Å². The van der Waals surface area contributed by atoms with Gasteiger partial charge in [-0.05, 0) is 45.6 Å². The number of carbonyl (C=O) groups is 2. The predicted molar refractivity (Wildman–Crippen MR) is 87.5 cm³/mol. The van der Waals surface area contributed by atoms with E-state index < -0.39 is 5.91 Å². The van der Waals surface area contributed by atoms with E-state index in [2.05, 4.69) is 21.2 Å². The van der Waals surface area contributed by atoms with Crippen LogP contribution in [0.2, 0.25) is 0 Å². The molecule has 0 atom stereocenters. The third kappa shape index (κ3) is 4.55. The van der Waals surface area contributed by atoms with E-state index in [0.29, 0.717) is 22.3 Å². The van der Waals surface area contributed by atoms with Gasteiger partial charge in [0.25, 0.3) is 11.8 Å². The van der Waals surface area contributed by atoms with Gasteiger partial charge in [-0.2, -0.15) is 0 Å². The van der Waals surface area contributed by atoms with Crippen LogP contribution in [0.1, 0.15) is 15.2 Å². The van der Waals surface area contributed by atoms with Crippen molar-refractivity contribution in [2.24, 2.45) is 5.84 Å². The molecule has 1 aromatic carbocycles. The van der Waals surface area contributed by atoms with E-state index in [4.69, 9.17) is 10.6 Å². The number of hydrazine groups is 1. The van der Waals surface area contributed by atoms with Gasteiger partial charge in [0.2, 0.25) is 0 Å². The van der Waals surface area contributed by atoms with Crippen molar-refractivity contribution in [2.45, 2.75) is 6.54 Å². The van der Waals surface area contributed by atoms with Crippen molar-refractivity contribution in [3.63, 3.8) is 0 Å². The number of nitrogen functional groups attached to an aromatic ring is 1. The van der Waals surface area contributed by atoms with Crippen molar-refractivity contribution in [1.29, 1.82) is 0 Å².